The van der Waals surface area contributed by atoms with Gasteiger partial charge in [-0.15, -0.1) is 0 Å². The third-order valence-corrected chi connectivity index (χ3v) is 2.87. The third-order valence-electron chi connectivity index (χ3n) is 2.87. The van der Waals surface area contributed by atoms with Crippen molar-refractivity contribution in [3.8, 4) is 11.1 Å². The number of rotatable bonds is 3. The molecule has 86 valence electrons. The first-order chi connectivity index (χ1) is 8.18. The van der Waals surface area contributed by atoms with Gasteiger partial charge in [0, 0.05) is 11.9 Å². The Balaban J connectivity index is 0.00000162. The van der Waals surface area contributed by atoms with Crippen LogP contribution in [0.25, 0.3) is 11.1 Å². The second-order valence-corrected chi connectivity index (χ2v) is 4.03. The summed E-state index contributed by atoms with van der Waals surface area (Å²) in [4.78, 5) is 10.7. The smallest absolute Gasteiger partial charge is 0.550 e. The van der Waals surface area contributed by atoms with Gasteiger partial charge in [0.15, 0.2) is 0 Å². The molecule has 0 saturated heterocycles. The number of hydrogen-bond acceptors (Lipinski definition) is 2. The van der Waals surface area contributed by atoms with E-state index < -0.39 is 11.9 Å². The molecule has 0 aliphatic heterocycles. The van der Waals surface area contributed by atoms with E-state index in [2.05, 4.69) is 0 Å². The van der Waals surface area contributed by atoms with Crippen molar-refractivity contribution in [2.75, 3.05) is 0 Å². The number of carboxylic acid groups (broad SMARTS) is 1. The average molecular weight is 248 g/mol. The maximum Gasteiger partial charge on any atom is 1.00 e. The van der Waals surface area contributed by atoms with E-state index in [-0.39, 0.29) is 29.6 Å². The van der Waals surface area contributed by atoms with Crippen LogP contribution in [0.2, 0.25) is 0 Å². The molecular weight excluding hydrogens is 235 g/mol. The molecule has 0 aliphatic carbocycles. The van der Waals surface area contributed by atoms with E-state index in [1.807, 2.05) is 54.6 Å². The summed E-state index contributed by atoms with van der Waals surface area (Å²) >= 11 is 0. The number of carboxylic acids is 1. The summed E-state index contributed by atoms with van der Waals surface area (Å²) in [5.74, 6) is -1.61. The Bertz CT molecular complexity index is 506. The first-order valence-electron chi connectivity index (χ1n) is 5.54. The summed E-state index contributed by atoms with van der Waals surface area (Å²) in [6, 6.07) is 17.5. The number of carbonyl (C=O) groups is 1. The SMILES string of the molecule is CC(C(=O)[O-])c1ccc(-c2ccccc2)cc1.[Na+]. The van der Waals surface area contributed by atoms with E-state index in [9.17, 15) is 9.90 Å². The Kier molecular flexibility index (Phi) is 5.60. The molecule has 0 aliphatic rings. The molecule has 2 aromatic carbocycles. The minimum absolute atomic E-state index is 0. The monoisotopic (exact) mass is 248 g/mol. The molecule has 0 fully saturated rings. The summed E-state index contributed by atoms with van der Waals surface area (Å²) in [7, 11) is 0. The molecular formula is C15H13NaO2. The van der Waals surface area contributed by atoms with E-state index in [0.717, 1.165) is 16.7 Å². The molecule has 2 rings (SSSR count). The van der Waals surface area contributed by atoms with Crippen LogP contribution in [0.15, 0.2) is 54.6 Å². The van der Waals surface area contributed by atoms with Crippen LogP contribution in [0.5, 0.6) is 0 Å². The van der Waals surface area contributed by atoms with Crippen LogP contribution in [-0.2, 0) is 4.79 Å². The Morgan fingerprint density at radius 1 is 0.944 bits per heavy atom. The summed E-state index contributed by atoms with van der Waals surface area (Å²) in [5, 5.41) is 10.7. The van der Waals surface area contributed by atoms with Gasteiger partial charge < -0.3 is 9.90 Å². The molecule has 0 radical (unpaired) electrons. The van der Waals surface area contributed by atoms with Crippen LogP contribution in [0.3, 0.4) is 0 Å². The van der Waals surface area contributed by atoms with E-state index in [1.165, 1.54) is 0 Å². The van der Waals surface area contributed by atoms with E-state index >= 15 is 0 Å². The molecule has 1 atom stereocenters. The standard InChI is InChI=1S/C15H14O2.Na/c1-11(15(16)17)12-7-9-14(10-8-12)13-5-3-2-4-6-13;/h2-11H,1H3,(H,16,17);/q;+1/p-1. The van der Waals surface area contributed by atoms with Crippen molar-refractivity contribution in [1.29, 1.82) is 0 Å². The first-order valence-corrected chi connectivity index (χ1v) is 5.54. The van der Waals surface area contributed by atoms with Gasteiger partial charge in [0.2, 0.25) is 0 Å². The summed E-state index contributed by atoms with van der Waals surface area (Å²) < 4.78 is 0. The number of hydrogen-bond donors (Lipinski definition) is 0. The molecule has 1 unspecified atom stereocenters. The zero-order valence-corrected chi connectivity index (χ0v) is 12.6. The van der Waals surface area contributed by atoms with Crippen LogP contribution in [0.1, 0.15) is 18.4 Å². The summed E-state index contributed by atoms with van der Waals surface area (Å²) in [6.07, 6.45) is 0. The molecule has 0 aromatic heterocycles. The molecule has 0 spiro atoms. The Labute approximate surface area is 129 Å². The minimum atomic E-state index is -1.04. The summed E-state index contributed by atoms with van der Waals surface area (Å²) in [5.41, 5.74) is 2.98. The average Bonchev–Trinajstić information content (AvgIpc) is 2.39. The van der Waals surface area contributed by atoms with Crippen molar-refractivity contribution in [1.82, 2.24) is 0 Å². The van der Waals surface area contributed by atoms with Gasteiger partial charge in [-0.2, -0.15) is 0 Å². The second-order valence-electron chi connectivity index (χ2n) is 4.03. The first kappa shape index (κ1) is 15.0. The molecule has 0 amide bonds. The molecule has 0 saturated carbocycles. The van der Waals surface area contributed by atoms with Crippen LogP contribution < -0.4 is 34.7 Å². The zero-order valence-electron chi connectivity index (χ0n) is 10.6. The van der Waals surface area contributed by atoms with Crippen molar-refractivity contribution in [3.63, 3.8) is 0 Å². The predicted octanol–water partition coefficient (Wildman–Crippen LogP) is -0.789. The van der Waals surface area contributed by atoms with Gasteiger partial charge in [0.1, 0.15) is 0 Å². The Morgan fingerprint density at radius 2 is 1.44 bits per heavy atom. The molecule has 2 nitrogen and oxygen atoms in total. The maximum atomic E-state index is 10.7. The fraction of sp³-hybridized carbons (Fsp3) is 0.133. The fourth-order valence-corrected chi connectivity index (χ4v) is 1.73. The zero-order chi connectivity index (χ0) is 12.3. The van der Waals surface area contributed by atoms with Gasteiger partial charge in [0.25, 0.3) is 0 Å². The van der Waals surface area contributed by atoms with Gasteiger partial charge in [-0.3, -0.25) is 0 Å². The number of carbonyl (C=O) groups excluding carboxylic acids is 1. The number of benzene rings is 2. The van der Waals surface area contributed by atoms with Gasteiger partial charge in [-0.05, 0) is 16.7 Å². The third kappa shape index (κ3) is 3.45. The normalized spacial score (nSPS) is 11.4. The van der Waals surface area contributed by atoms with Gasteiger partial charge in [-0.25, -0.2) is 0 Å². The molecule has 3 heteroatoms. The fourth-order valence-electron chi connectivity index (χ4n) is 1.73. The van der Waals surface area contributed by atoms with Crippen molar-refractivity contribution >= 4 is 5.97 Å². The second kappa shape index (κ2) is 6.74. The van der Waals surface area contributed by atoms with Crippen LogP contribution in [-0.4, -0.2) is 5.97 Å². The van der Waals surface area contributed by atoms with Crippen LogP contribution in [0, 0.1) is 0 Å². The van der Waals surface area contributed by atoms with Crippen molar-refractivity contribution < 1.29 is 39.5 Å². The quantitative estimate of drug-likeness (QED) is 0.668. The van der Waals surface area contributed by atoms with Gasteiger partial charge >= 0.3 is 29.6 Å². The predicted molar refractivity (Wildman–Crippen MR) is 65.3 cm³/mol. The van der Waals surface area contributed by atoms with Crippen LogP contribution in [0.4, 0.5) is 0 Å². The van der Waals surface area contributed by atoms with E-state index in [0.29, 0.717) is 0 Å². The molecule has 0 bridgehead atoms. The van der Waals surface area contributed by atoms with Gasteiger partial charge in [-0.1, -0.05) is 61.5 Å². The van der Waals surface area contributed by atoms with Crippen molar-refractivity contribution in [2.24, 2.45) is 0 Å². The molecule has 18 heavy (non-hydrogen) atoms. The topological polar surface area (TPSA) is 40.1 Å². The van der Waals surface area contributed by atoms with Crippen molar-refractivity contribution in [3.05, 3.63) is 60.2 Å². The Hall–Kier alpha value is -1.09. The largest absolute Gasteiger partial charge is 1.00 e. The van der Waals surface area contributed by atoms with E-state index in [1.54, 1.807) is 6.92 Å². The number of aliphatic carboxylic acids is 1. The Morgan fingerprint density at radius 3 is 1.94 bits per heavy atom. The molecule has 0 heterocycles. The molecule has 2 aromatic rings. The van der Waals surface area contributed by atoms with Crippen LogP contribution >= 0.6 is 0 Å². The minimum Gasteiger partial charge on any atom is -0.550 e. The van der Waals surface area contributed by atoms with Gasteiger partial charge in [0.05, 0.1) is 0 Å². The van der Waals surface area contributed by atoms with Crippen molar-refractivity contribution in [2.45, 2.75) is 12.8 Å². The molecule has 0 N–H and O–H groups in total. The van der Waals surface area contributed by atoms with E-state index in [4.69, 9.17) is 0 Å². The maximum absolute atomic E-state index is 10.7. The summed E-state index contributed by atoms with van der Waals surface area (Å²) in [6.45, 7) is 1.63.